The van der Waals surface area contributed by atoms with Gasteiger partial charge in [0.2, 0.25) is 5.91 Å². The number of amidine groups is 1. The molecule has 0 bridgehead atoms. The molecule has 1 amide bonds. The molecule has 4 nitrogen and oxygen atoms in total. The fourth-order valence-corrected chi connectivity index (χ4v) is 2.89. The van der Waals surface area contributed by atoms with E-state index in [9.17, 15) is 4.79 Å². The summed E-state index contributed by atoms with van der Waals surface area (Å²) in [6.45, 7) is 7.11. The molecule has 0 aromatic carbocycles. The van der Waals surface area contributed by atoms with Gasteiger partial charge in [0.15, 0.2) is 0 Å². The molecule has 1 fully saturated rings. The molecule has 0 aromatic heterocycles. The highest BCUT2D eigenvalue weighted by Gasteiger charge is 2.36. The number of amides is 1. The lowest BCUT2D eigenvalue weighted by Gasteiger charge is -2.31. The number of fused-ring (bicyclic) bond motifs is 1. The first-order valence-corrected chi connectivity index (χ1v) is 6.43. The Morgan fingerprint density at radius 2 is 2.18 bits per heavy atom. The summed E-state index contributed by atoms with van der Waals surface area (Å²) in [5.41, 5.74) is 8.10. The van der Waals surface area contributed by atoms with E-state index in [4.69, 9.17) is 10.7 Å². The van der Waals surface area contributed by atoms with Crippen LogP contribution in [0.3, 0.4) is 0 Å². The molecule has 2 N–H and O–H groups in total. The van der Waals surface area contributed by atoms with Crippen molar-refractivity contribution in [2.75, 3.05) is 6.54 Å². The second kappa shape index (κ2) is 4.51. The third kappa shape index (κ3) is 1.96. The number of allylic oxidation sites excluding steroid dienone is 1. The molecule has 2 aliphatic heterocycles. The molecule has 94 valence electrons. The molecule has 0 spiro atoms. The van der Waals surface area contributed by atoms with Crippen molar-refractivity contribution in [3.8, 4) is 0 Å². The number of carbonyl (C=O) groups excluding carboxylic acids is 1. The van der Waals surface area contributed by atoms with Gasteiger partial charge in [-0.15, -0.1) is 0 Å². The Balaban J connectivity index is 2.35. The standard InChI is InChI=1S/C13H21N3O/c1-4-10-8(3)15-12(5-2)16-7-9(13(14)17)6-11(10)16/h8-9H,4-7H2,1-3H3,(H2,14,17)/t8-,9+/m0/s1. The lowest BCUT2D eigenvalue weighted by atomic mass is 9.98. The van der Waals surface area contributed by atoms with Crippen LogP contribution >= 0.6 is 0 Å². The largest absolute Gasteiger partial charge is 0.369 e. The Kier molecular flexibility index (Phi) is 3.22. The lowest BCUT2D eigenvalue weighted by molar-refractivity contribution is -0.121. The molecular formula is C13H21N3O. The Bertz CT molecular complexity index is 397. The van der Waals surface area contributed by atoms with E-state index in [0.717, 1.165) is 25.1 Å². The molecule has 2 atom stereocenters. The fourth-order valence-electron chi connectivity index (χ4n) is 2.89. The third-order valence-electron chi connectivity index (χ3n) is 3.80. The van der Waals surface area contributed by atoms with Crippen molar-refractivity contribution in [3.05, 3.63) is 11.3 Å². The molecule has 2 aliphatic rings. The molecule has 0 radical (unpaired) electrons. The summed E-state index contributed by atoms with van der Waals surface area (Å²) in [6.07, 6.45) is 2.71. The van der Waals surface area contributed by atoms with Crippen molar-refractivity contribution in [2.45, 2.75) is 46.1 Å². The average Bonchev–Trinajstić information content (AvgIpc) is 2.72. The summed E-state index contributed by atoms with van der Waals surface area (Å²) in [4.78, 5) is 18.3. The second-order valence-corrected chi connectivity index (χ2v) is 4.81. The smallest absolute Gasteiger partial charge is 0.222 e. The molecule has 0 unspecified atom stereocenters. The Hall–Kier alpha value is -1.32. The number of rotatable bonds is 3. The van der Waals surface area contributed by atoms with E-state index in [1.165, 1.54) is 11.3 Å². The lowest BCUT2D eigenvalue weighted by Crippen LogP contribution is -2.35. The summed E-state index contributed by atoms with van der Waals surface area (Å²) in [5.74, 6) is 0.868. The van der Waals surface area contributed by atoms with Crippen molar-refractivity contribution >= 4 is 11.7 Å². The van der Waals surface area contributed by atoms with Crippen LogP contribution in [0.5, 0.6) is 0 Å². The number of hydrogen-bond donors (Lipinski definition) is 1. The van der Waals surface area contributed by atoms with Crippen LogP contribution in [0.25, 0.3) is 0 Å². The minimum absolute atomic E-state index is 0.0476. The van der Waals surface area contributed by atoms with Gasteiger partial charge < -0.3 is 10.6 Å². The van der Waals surface area contributed by atoms with Gasteiger partial charge in [-0.25, -0.2) is 0 Å². The zero-order valence-corrected chi connectivity index (χ0v) is 10.9. The highest BCUT2D eigenvalue weighted by molar-refractivity contribution is 5.88. The number of nitrogens with two attached hydrogens (primary N) is 1. The number of hydrogen-bond acceptors (Lipinski definition) is 3. The Morgan fingerprint density at radius 1 is 1.47 bits per heavy atom. The SMILES string of the molecule is CCC1=N[C@@H](C)C(CC)=C2C[C@@H](C(N)=O)CN12. The van der Waals surface area contributed by atoms with Crippen molar-refractivity contribution in [3.63, 3.8) is 0 Å². The zero-order chi connectivity index (χ0) is 12.6. The van der Waals surface area contributed by atoms with Gasteiger partial charge in [0, 0.05) is 25.1 Å². The van der Waals surface area contributed by atoms with Crippen LogP contribution in [0.15, 0.2) is 16.3 Å². The number of carbonyl (C=O) groups is 1. The van der Waals surface area contributed by atoms with Crippen LogP contribution in [0.1, 0.15) is 40.0 Å². The summed E-state index contributed by atoms with van der Waals surface area (Å²) in [5, 5.41) is 0. The van der Waals surface area contributed by atoms with E-state index in [1.807, 2.05) is 0 Å². The van der Waals surface area contributed by atoms with E-state index in [-0.39, 0.29) is 17.9 Å². The van der Waals surface area contributed by atoms with E-state index < -0.39 is 0 Å². The number of aliphatic imine (C=N–C) groups is 1. The van der Waals surface area contributed by atoms with Gasteiger partial charge >= 0.3 is 0 Å². The van der Waals surface area contributed by atoms with E-state index >= 15 is 0 Å². The Labute approximate surface area is 103 Å². The zero-order valence-electron chi connectivity index (χ0n) is 10.9. The molecule has 4 heteroatoms. The highest BCUT2D eigenvalue weighted by atomic mass is 16.1. The van der Waals surface area contributed by atoms with Crippen LogP contribution in [0, 0.1) is 5.92 Å². The van der Waals surface area contributed by atoms with Gasteiger partial charge in [0.05, 0.1) is 12.0 Å². The van der Waals surface area contributed by atoms with Crippen molar-refractivity contribution < 1.29 is 4.79 Å². The minimum Gasteiger partial charge on any atom is -0.369 e. The maximum atomic E-state index is 11.3. The van der Waals surface area contributed by atoms with Crippen molar-refractivity contribution in [2.24, 2.45) is 16.6 Å². The van der Waals surface area contributed by atoms with Gasteiger partial charge in [0.25, 0.3) is 0 Å². The molecule has 17 heavy (non-hydrogen) atoms. The molecule has 2 heterocycles. The van der Waals surface area contributed by atoms with E-state index in [2.05, 4.69) is 25.7 Å². The fraction of sp³-hybridized carbons (Fsp3) is 0.692. The van der Waals surface area contributed by atoms with Gasteiger partial charge in [-0.2, -0.15) is 0 Å². The molecule has 0 saturated carbocycles. The maximum absolute atomic E-state index is 11.3. The Morgan fingerprint density at radius 3 is 2.71 bits per heavy atom. The average molecular weight is 235 g/mol. The van der Waals surface area contributed by atoms with Gasteiger partial charge in [-0.3, -0.25) is 9.79 Å². The van der Waals surface area contributed by atoms with Crippen molar-refractivity contribution in [1.82, 2.24) is 4.90 Å². The quantitative estimate of drug-likeness (QED) is 0.809. The third-order valence-corrected chi connectivity index (χ3v) is 3.80. The predicted molar refractivity (Wildman–Crippen MR) is 68.5 cm³/mol. The predicted octanol–water partition coefficient (Wildman–Crippen LogP) is 1.67. The normalized spacial score (nSPS) is 28.2. The van der Waals surface area contributed by atoms with Crippen LogP contribution in [0.2, 0.25) is 0 Å². The summed E-state index contributed by atoms with van der Waals surface area (Å²) in [7, 11) is 0. The van der Waals surface area contributed by atoms with Crippen LogP contribution in [-0.2, 0) is 4.79 Å². The molecular weight excluding hydrogens is 214 g/mol. The first kappa shape index (κ1) is 12.1. The topological polar surface area (TPSA) is 58.7 Å². The first-order valence-electron chi connectivity index (χ1n) is 6.43. The van der Waals surface area contributed by atoms with Gasteiger partial charge in [0.1, 0.15) is 5.84 Å². The highest BCUT2D eigenvalue weighted by Crippen LogP contribution is 2.35. The minimum atomic E-state index is -0.189. The van der Waals surface area contributed by atoms with Crippen molar-refractivity contribution in [1.29, 1.82) is 0 Å². The van der Waals surface area contributed by atoms with Gasteiger partial charge in [-0.1, -0.05) is 13.8 Å². The van der Waals surface area contributed by atoms with Crippen LogP contribution in [0.4, 0.5) is 0 Å². The van der Waals surface area contributed by atoms with Gasteiger partial charge in [-0.05, 0) is 18.9 Å². The maximum Gasteiger partial charge on any atom is 0.222 e. The molecule has 2 rings (SSSR count). The number of nitrogens with zero attached hydrogens (tertiary/aromatic N) is 2. The number of primary amides is 1. The monoisotopic (exact) mass is 235 g/mol. The summed E-state index contributed by atoms with van der Waals surface area (Å²) in [6, 6.07) is 0.257. The van der Waals surface area contributed by atoms with E-state index in [0.29, 0.717) is 6.54 Å². The summed E-state index contributed by atoms with van der Waals surface area (Å²) < 4.78 is 0. The molecule has 0 aliphatic carbocycles. The second-order valence-electron chi connectivity index (χ2n) is 4.81. The van der Waals surface area contributed by atoms with E-state index in [1.54, 1.807) is 0 Å². The first-order chi connectivity index (χ1) is 8.08. The summed E-state index contributed by atoms with van der Waals surface area (Å²) >= 11 is 0. The van der Waals surface area contributed by atoms with Crippen LogP contribution < -0.4 is 5.73 Å². The molecule has 0 aromatic rings. The van der Waals surface area contributed by atoms with Crippen LogP contribution in [-0.4, -0.2) is 29.2 Å². The molecule has 1 saturated heterocycles.